The van der Waals surface area contributed by atoms with Gasteiger partial charge in [-0.25, -0.2) is 0 Å². The molecule has 0 amide bonds. The molecule has 1 N–H and O–H groups in total. The fraction of sp³-hybridized carbons (Fsp3) is 0.647. The van der Waals surface area contributed by atoms with Crippen molar-refractivity contribution in [3.63, 3.8) is 0 Å². The van der Waals surface area contributed by atoms with Crippen molar-refractivity contribution in [3.8, 4) is 0 Å². The van der Waals surface area contributed by atoms with Gasteiger partial charge in [0.1, 0.15) is 0 Å². The van der Waals surface area contributed by atoms with E-state index in [4.69, 9.17) is 4.74 Å². The Bertz CT molecular complexity index is 334. The number of methoxy groups -OCH3 is 1. The fourth-order valence-electron chi connectivity index (χ4n) is 2.28. The Morgan fingerprint density at radius 1 is 1.21 bits per heavy atom. The highest BCUT2D eigenvalue weighted by molar-refractivity contribution is 5.24. The van der Waals surface area contributed by atoms with Gasteiger partial charge in [0, 0.05) is 20.2 Å². The average molecular weight is 263 g/mol. The summed E-state index contributed by atoms with van der Waals surface area (Å²) in [5.41, 5.74) is 2.79. The Labute approximate surface area is 118 Å². The van der Waals surface area contributed by atoms with Crippen LogP contribution in [0.5, 0.6) is 0 Å². The van der Waals surface area contributed by atoms with Crippen molar-refractivity contribution in [2.45, 2.75) is 39.5 Å². The summed E-state index contributed by atoms with van der Waals surface area (Å²) in [6.07, 6.45) is 2.50. The number of hydrogen-bond donors (Lipinski definition) is 1. The van der Waals surface area contributed by atoms with E-state index in [0.29, 0.717) is 5.92 Å². The third kappa shape index (κ3) is 6.22. The molecule has 0 aliphatic rings. The van der Waals surface area contributed by atoms with E-state index in [-0.39, 0.29) is 0 Å². The second-order valence-electron chi connectivity index (χ2n) is 5.55. The fourth-order valence-corrected chi connectivity index (χ4v) is 2.28. The minimum atomic E-state index is 0.604. The lowest BCUT2D eigenvalue weighted by molar-refractivity contribution is 0.198. The summed E-state index contributed by atoms with van der Waals surface area (Å²) in [7, 11) is 1.75. The van der Waals surface area contributed by atoms with Crippen molar-refractivity contribution in [3.05, 3.63) is 35.4 Å². The maximum absolute atomic E-state index is 5.08. The molecule has 2 unspecified atom stereocenters. The van der Waals surface area contributed by atoms with Crippen molar-refractivity contribution in [2.75, 3.05) is 26.8 Å². The van der Waals surface area contributed by atoms with Gasteiger partial charge >= 0.3 is 0 Å². The monoisotopic (exact) mass is 263 g/mol. The molecule has 0 aromatic heterocycles. The highest BCUT2D eigenvalue weighted by Crippen LogP contribution is 2.25. The Hall–Kier alpha value is -0.860. The number of benzene rings is 1. The maximum atomic E-state index is 5.08. The molecule has 0 saturated carbocycles. The summed E-state index contributed by atoms with van der Waals surface area (Å²) in [6.45, 7) is 9.51. The van der Waals surface area contributed by atoms with Crippen LogP contribution in [0.15, 0.2) is 24.3 Å². The molecular formula is C17H29NO. The molecule has 0 radical (unpaired) electrons. The van der Waals surface area contributed by atoms with Crippen molar-refractivity contribution >= 4 is 0 Å². The Morgan fingerprint density at radius 2 is 1.89 bits per heavy atom. The molecule has 1 aromatic carbocycles. The van der Waals surface area contributed by atoms with Gasteiger partial charge < -0.3 is 10.1 Å². The smallest absolute Gasteiger partial charge is 0.0587 e. The SMILES string of the molecule is CCC(C)CC(CNCCOC)c1ccc(C)cc1. The molecule has 0 aliphatic heterocycles. The first kappa shape index (κ1) is 16.2. The van der Waals surface area contributed by atoms with Crippen molar-refractivity contribution in [2.24, 2.45) is 5.92 Å². The molecule has 0 heterocycles. The van der Waals surface area contributed by atoms with Crippen LogP contribution in [-0.4, -0.2) is 26.8 Å². The van der Waals surface area contributed by atoms with Gasteiger partial charge in [0.05, 0.1) is 6.61 Å². The zero-order chi connectivity index (χ0) is 14.1. The van der Waals surface area contributed by atoms with Crippen LogP contribution < -0.4 is 5.32 Å². The first-order valence-corrected chi connectivity index (χ1v) is 7.43. The first-order chi connectivity index (χ1) is 9.17. The van der Waals surface area contributed by atoms with Crippen LogP contribution in [0, 0.1) is 12.8 Å². The van der Waals surface area contributed by atoms with E-state index < -0.39 is 0 Å². The Kier molecular flexibility index (Phi) is 7.76. The third-order valence-electron chi connectivity index (χ3n) is 3.81. The zero-order valence-corrected chi connectivity index (χ0v) is 12.9. The van der Waals surface area contributed by atoms with Crippen molar-refractivity contribution in [1.29, 1.82) is 0 Å². The van der Waals surface area contributed by atoms with Gasteiger partial charge in [-0.15, -0.1) is 0 Å². The third-order valence-corrected chi connectivity index (χ3v) is 3.81. The van der Waals surface area contributed by atoms with E-state index >= 15 is 0 Å². The standard InChI is InChI=1S/C17H29NO/c1-5-14(2)12-17(13-18-10-11-19-4)16-8-6-15(3)7-9-16/h6-9,14,17-18H,5,10-13H2,1-4H3. The molecular weight excluding hydrogens is 234 g/mol. The van der Waals surface area contributed by atoms with Crippen LogP contribution in [0.4, 0.5) is 0 Å². The largest absolute Gasteiger partial charge is 0.383 e. The second kappa shape index (κ2) is 9.11. The highest BCUT2D eigenvalue weighted by Gasteiger charge is 2.14. The second-order valence-corrected chi connectivity index (χ2v) is 5.55. The van der Waals surface area contributed by atoms with Crippen LogP contribution in [0.25, 0.3) is 0 Å². The number of hydrogen-bond acceptors (Lipinski definition) is 2. The van der Waals surface area contributed by atoms with Crippen molar-refractivity contribution in [1.82, 2.24) is 5.32 Å². The lowest BCUT2D eigenvalue weighted by Crippen LogP contribution is -2.26. The summed E-state index contributed by atoms with van der Waals surface area (Å²) in [5, 5.41) is 3.50. The summed E-state index contributed by atoms with van der Waals surface area (Å²) >= 11 is 0. The van der Waals surface area contributed by atoms with Crippen LogP contribution in [0.3, 0.4) is 0 Å². The minimum absolute atomic E-state index is 0.604. The molecule has 19 heavy (non-hydrogen) atoms. The van der Waals surface area contributed by atoms with Crippen LogP contribution in [-0.2, 0) is 4.74 Å². The summed E-state index contributed by atoms with van der Waals surface area (Å²) in [5.74, 6) is 1.38. The predicted octanol–water partition coefficient (Wildman–Crippen LogP) is 3.75. The van der Waals surface area contributed by atoms with E-state index in [9.17, 15) is 0 Å². The van der Waals surface area contributed by atoms with Crippen LogP contribution >= 0.6 is 0 Å². The van der Waals surface area contributed by atoms with Gasteiger partial charge in [0.25, 0.3) is 0 Å². The Balaban J connectivity index is 2.60. The molecule has 108 valence electrons. The van der Waals surface area contributed by atoms with Gasteiger partial charge in [0.2, 0.25) is 0 Å². The van der Waals surface area contributed by atoms with Crippen LogP contribution in [0.2, 0.25) is 0 Å². The number of aryl methyl sites for hydroxylation is 1. The number of nitrogens with one attached hydrogen (secondary N) is 1. The van der Waals surface area contributed by atoms with Gasteiger partial charge in [-0.05, 0) is 30.7 Å². The number of rotatable bonds is 9. The van der Waals surface area contributed by atoms with Crippen LogP contribution in [0.1, 0.15) is 43.7 Å². The molecule has 2 nitrogen and oxygen atoms in total. The molecule has 0 aliphatic carbocycles. The summed E-state index contributed by atoms with van der Waals surface area (Å²) in [4.78, 5) is 0. The molecule has 0 saturated heterocycles. The first-order valence-electron chi connectivity index (χ1n) is 7.43. The van der Waals surface area contributed by atoms with Crippen molar-refractivity contribution < 1.29 is 4.74 Å². The van der Waals surface area contributed by atoms with Gasteiger partial charge in [0.15, 0.2) is 0 Å². The lowest BCUT2D eigenvalue weighted by atomic mass is 9.88. The van der Waals surface area contributed by atoms with Gasteiger partial charge in [-0.2, -0.15) is 0 Å². The highest BCUT2D eigenvalue weighted by atomic mass is 16.5. The Morgan fingerprint density at radius 3 is 2.47 bits per heavy atom. The van der Waals surface area contributed by atoms with E-state index in [1.807, 2.05) is 0 Å². The summed E-state index contributed by atoms with van der Waals surface area (Å²) < 4.78 is 5.08. The summed E-state index contributed by atoms with van der Waals surface area (Å²) in [6, 6.07) is 8.99. The number of ether oxygens (including phenoxy) is 1. The molecule has 0 spiro atoms. The molecule has 0 bridgehead atoms. The zero-order valence-electron chi connectivity index (χ0n) is 12.9. The molecule has 2 atom stereocenters. The molecule has 1 aromatic rings. The minimum Gasteiger partial charge on any atom is -0.383 e. The van der Waals surface area contributed by atoms with E-state index in [2.05, 4.69) is 50.4 Å². The van der Waals surface area contributed by atoms with E-state index in [1.165, 1.54) is 24.0 Å². The molecule has 2 heteroatoms. The lowest BCUT2D eigenvalue weighted by Gasteiger charge is -2.21. The topological polar surface area (TPSA) is 21.3 Å². The van der Waals surface area contributed by atoms with Gasteiger partial charge in [-0.1, -0.05) is 50.1 Å². The average Bonchev–Trinajstić information content (AvgIpc) is 2.43. The maximum Gasteiger partial charge on any atom is 0.0587 e. The molecule has 1 rings (SSSR count). The predicted molar refractivity (Wildman–Crippen MR) is 82.7 cm³/mol. The normalized spacial score (nSPS) is 14.3. The molecule has 0 fully saturated rings. The van der Waals surface area contributed by atoms with E-state index in [1.54, 1.807) is 7.11 Å². The van der Waals surface area contributed by atoms with Gasteiger partial charge in [-0.3, -0.25) is 0 Å². The quantitative estimate of drug-likeness (QED) is 0.685. The van der Waals surface area contributed by atoms with E-state index in [0.717, 1.165) is 25.6 Å².